The Hall–Kier alpha value is -1.91. The van der Waals surface area contributed by atoms with Crippen molar-refractivity contribution in [3.8, 4) is 0 Å². The van der Waals surface area contributed by atoms with E-state index in [-0.39, 0.29) is 11.3 Å². The number of carboxylic acids is 1. The molecule has 0 aliphatic heterocycles. The Morgan fingerprint density at radius 1 is 1.35 bits per heavy atom. The van der Waals surface area contributed by atoms with Crippen LogP contribution in [0.4, 0.5) is 10.1 Å². The van der Waals surface area contributed by atoms with Crippen LogP contribution in [0, 0.1) is 11.2 Å². The number of benzene rings is 1. The zero-order chi connectivity index (χ0) is 14.8. The Morgan fingerprint density at radius 2 is 2.00 bits per heavy atom. The Kier molecular flexibility index (Phi) is 4.06. The van der Waals surface area contributed by atoms with Crippen LogP contribution < -0.4 is 5.32 Å². The van der Waals surface area contributed by atoms with E-state index < -0.39 is 17.3 Å². The molecule has 1 aromatic rings. The minimum atomic E-state index is -1.32. The molecule has 0 unspecified atom stereocenters. The number of amides is 1. The van der Waals surface area contributed by atoms with Crippen LogP contribution in [-0.4, -0.2) is 17.0 Å². The van der Waals surface area contributed by atoms with Gasteiger partial charge in [0, 0.05) is 11.1 Å². The van der Waals surface area contributed by atoms with E-state index >= 15 is 0 Å². The summed E-state index contributed by atoms with van der Waals surface area (Å²) in [5.41, 5.74) is -0.451. The number of hydrogen-bond acceptors (Lipinski definition) is 2. The summed E-state index contributed by atoms with van der Waals surface area (Å²) in [4.78, 5) is 23.1. The first kappa shape index (κ1) is 14.5. The largest absolute Gasteiger partial charge is 0.478 e. The number of aromatic carboxylic acids is 1. The van der Waals surface area contributed by atoms with Gasteiger partial charge in [-0.3, -0.25) is 4.79 Å². The summed E-state index contributed by atoms with van der Waals surface area (Å²) >= 11 is 0. The molecule has 1 saturated carbocycles. The summed E-state index contributed by atoms with van der Waals surface area (Å²) in [5.74, 6) is -2.26. The molecule has 0 saturated heterocycles. The van der Waals surface area contributed by atoms with Gasteiger partial charge in [-0.2, -0.15) is 0 Å². The van der Waals surface area contributed by atoms with E-state index in [9.17, 15) is 14.0 Å². The Balaban J connectivity index is 2.16. The van der Waals surface area contributed by atoms with Crippen LogP contribution in [0.25, 0.3) is 0 Å². The Labute approximate surface area is 117 Å². The molecule has 108 valence electrons. The number of halogens is 1. The van der Waals surface area contributed by atoms with Crippen LogP contribution >= 0.6 is 0 Å². The van der Waals surface area contributed by atoms with E-state index in [4.69, 9.17) is 5.11 Å². The van der Waals surface area contributed by atoms with Gasteiger partial charge in [0.25, 0.3) is 0 Å². The smallest absolute Gasteiger partial charge is 0.338 e. The normalized spacial score (nSPS) is 16.9. The lowest BCUT2D eigenvalue weighted by molar-refractivity contribution is -0.125. The minimum absolute atomic E-state index is 0.0972. The standard InChI is InChI=1S/C15H18FNO3/c1-2-15(7-3-4-8-15)14(20)17-10-5-6-11(13(18)19)12(16)9-10/h5-6,9H,2-4,7-8H2,1H3,(H,17,20)(H,18,19). The van der Waals surface area contributed by atoms with E-state index in [1.807, 2.05) is 6.92 Å². The summed E-state index contributed by atoms with van der Waals surface area (Å²) in [6.07, 6.45) is 4.53. The maximum absolute atomic E-state index is 13.6. The van der Waals surface area contributed by atoms with E-state index in [0.29, 0.717) is 5.69 Å². The molecule has 5 heteroatoms. The third-order valence-corrected chi connectivity index (χ3v) is 4.18. The summed E-state index contributed by atoms with van der Waals surface area (Å²) in [6.45, 7) is 1.99. The fourth-order valence-electron chi connectivity index (χ4n) is 2.82. The van der Waals surface area contributed by atoms with Crippen molar-refractivity contribution in [1.82, 2.24) is 0 Å². The van der Waals surface area contributed by atoms with Gasteiger partial charge >= 0.3 is 5.97 Å². The quantitative estimate of drug-likeness (QED) is 0.887. The van der Waals surface area contributed by atoms with Crippen LogP contribution in [0.3, 0.4) is 0 Å². The highest BCUT2D eigenvalue weighted by Gasteiger charge is 2.39. The monoisotopic (exact) mass is 279 g/mol. The van der Waals surface area contributed by atoms with E-state index in [1.165, 1.54) is 12.1 Å². The summed E-state index contributed by atoms with van der Waals surface area (Å²) in [5, 5.41) is 11.5. The molecule has 2 rings (SSSR count). The third-order valence-electron chi connectivity index (χ3n) is 4.18. The van der Waals surface area contributed by atoms with Crippen LogP contribution in [0.1, 0.15) is 49.4 Å². The second-order valence-electron chi connectivity index (χ2n) is 5.29. The first-order valence-electron chi connectivity index (χ1n) is 6.83. The highest BCUT2D eigenvalue weighted by atomic mass is 19.1. The number of anilines is 1. The summed E-state index contributed by atoms with van der Waals surface area (Å²) < 4.78 is 13.6. The molecule has 0 heterocycles. The number of hydrogen-bond donors (Lipinski definition) is 2. The van der Waals surface area contributed by atoms with Crippen molar-refractivity contribution < 1.29 is 19.1 Å². The van der Waals surface area contributed by atoms with Gasteiger partial charge < -0.3 is 10.4 Å². The average molecular weight is 279 g/mol. The molecule has 1 aliphatic carbocycles. The molecule has 0 bridgehead atoms. The van der Waals surface area contributed by atoms with Crippen molar-refractivity contribution in [3.63, 3.8) is 0 Å². The molecule has 0 aromatic heterocycles. The van der Waals surface area contributed by atoms with Gasteiger partial charge in [-0.25, -0.2) is 9.18 Å². The molecule has 4 nitrogen and oxygen atoms in total. The average Bonchev–Trinajstić information content (AvgIpc) is 2.88. The summed E-state index contributed by atoms with van der Waals surface area (Å²) in [6, 6.07) is 3.64. The molecule has 0 spiro atoms. The van der Waals surface area contributed by atoms with E-state index in [1.54, 1.807) is 0 Å². The SMILES string of the molecule is CCC1(C(=O)Nc2ccc(C(=O)O)c(F)c2)CCCC1. The van der Waals surface area contributed by atoms with Crippen LogP contribution in [0.15, 0.2) is 18.2 Å². The molecular formula is C15H18FNO3. The zero-order valence-corrected chi connectivity index (χ0v) is 11.4. The molecule has 20 heavy (non-hydrogen) atoms. The minimum Gasteiger partial charge on any atom is -0.478 e. The van der Waals surface area contributed by atoms with Crippen LogP contribution in [0.5, 0.6) is 0 Å². The van der Waals surface area contributed by atoms with Crippen molar-refractivity contribution in [2.24, 2.45) is 5.41 Å². The van der Waals surface area contributed by atoms with Gasteiger partial charge in [-0.05, 0) is 37.5 Å². The van der Waals surface area contributed by atoms with Crippen molar-refractivity contribution in [3.05, 3.63) is 29.6 Å². The fraction of sp³-hybridized carbons (Fsp3) is 0.467. The van der Waals surface area contributed by atoms with Crippen molar-refractivity contribution in [1.29, 1.82) is 0 Å². The molecule has 1 aliphatic rings. The summed E-state index contributed by atoms with van der Waals surface area (Å²) in [7, 11) is 0. The van der Waals surface area contributed by atoms with Gasteiger partial charge in [0.15, 0.2) is 0 Å². The lowest BCUT2D eigenvalue weighted by Crippen LogP contribution is -2.33. The maximum atomic E-state index is 13.6. The molecule has 1 fully saturated rings. The fourth-order valence-corrected chi connectivity index (χ4v) is 2.82. The lowest BCUT2D eigenvalue weighted by Gasteiger charge is -2.26. The predicted octanol–water partition coefficient (Wildman–Crippen LogP) is 3.43. The molecule has 0 atom stereocenters. The third kappa shape index (κ3) is 2.66. The second-order valence-corrected chi connectivity index (χ2v) is 5.29. The number of carbonyl (C=O) groups is 2. The van der Waals surface area contributed by atoms with Gasteiger partial charge in [0.05, 0.1) is 5.56 Å². The van der Waals surface area contributed by atoms with Gasteiger partial charge in [0.1, 0.15) is 5.82 Å². The Bertz CT molecular complexity index is 536. The topological polar surface area (TPSA) is 66.4 Å². The number of rotatable bonds is 4. The van der Waals surface area contributed by atoms with Crippen molar-refractivity contribution >= 4 is 17.6 Å². The first-order chi connectivity index (χ1) is 9.48. The lowest BCUT2D eigenvalue weighted by atomic mass is 9.82. The number of nitrogens with one attached hydrogen (secondary N) is 1. The molecule has 2 N–H and O–H groups in total. The second kappa shape index (κ2) is 5.61. The van der Waals surface area contributed by atoms with Crippen LogP contribution in [-0.2, 0) is 4.79 Å². The highest BCUT2D eigenvalue weighted by molar-refractivity contribution is 5.96. The van der Waals surface area contributed by atoms with Crippen molar-refractivity contribution in [2.75, 3.05) is 5.32 Å². The van der Waals surface area contributed by atoms with E-state index in [0.717, 1.165) is 38.2 Å². The van der Waals surface area contributed by atoms with Gasteiger partial charge in [-0.1, -0.05) is 19.8 Å². The first-order valence-corrected chi connectivity index (χ1v) is 6.83. The Morgan fingerprint density at radius 3 is 2.50 bits per heavy atom. The van der Waals surface area contributed by atoms with Gasteiger partial charge in [-0.15, -0.1) is 0 Å². The van der Waals surface area contributed by atoms with Gasteiger partial charge in [0.2, 0.25) is 5.91 Å². The van der Waals surface area contributed by atoms with Crippen LogP contribution in [0.2, 0.25) is 0 Å². The highest BCUT2D eigenvalue weighted by Crippen LogP contribution is 2.41. The van der Waals surface area contributed by atoms with Crippen molar-refractivity contribution in [2.45, 2.75) is 39.0 Å². The molecule has 0 radical (unpaired) electrons. The predicted molar refractivity (Wildman–Crippen MR) is 73.2 cm³/mol. The zero-order valence-electron chi connectivity index (χ0n) is 11.4. The number of carboxylic acid groups (broad SMARTS) is 1. The number of carbonyl (C=O) groups excluding carboxylic acids is 1. The maximum Gasteiger partial charge on any atom is 0.338 e. The molecule has 1 aromatic carbocycles. The van der Waals surface area contributed by atoms with E-state index in [2.05, 4.69) is 5.32 Å². The molecule has 1 amide bonds. The molecular weight excluding hydrogens is 261 g/mol.